The summed E-state index contributed by atoms with van der Waals surface area (Å²) in [5, 5.41) is 0. The lowest BCUT2D eigenvalue weighted by molar-refractivity contribution is 0.0492. The Morgan fingerprint density at radius 2 is 1.21 bits per heavy atom. The molecule has 2 rings (SSSR count). The largest absolute Gasteiger partial charge is 0.467 e. The van der Waals surface area contributed by atoms with E-state index in [0.29, 0.717) is 0 Å². The minimum absolute atomic E-state index is 0.0310. The van der Waals surface area contributed by atoms with Crippen LogP contribution >= 0.6 is 9.24 Å². The van der Waals surface area contributed by atoms with Gasteiger partial charge in [-0.2, -0.15) is 0 Å². The van der Waals surface area contributed by atoms with E-state index in [2.05, 4.69) is 21.4 Å². The van der Waals surface area contributed by atoms with Crippen LogP contribution in [0.1, 0.15) is 27.9 Å². The van der Waals surface area contributed by atoms with E-state index in [1.807, 2.05) is 38.1 Å². The van der Waals surface area contributed by atoms with Gasteiger partial charge in [-0.05, 0) is 25.0 Å². The van der Waals surface area contributed by atoms with Crippen LogP contribution in [0.15, 0.2) is 36.4 Å². The molecule has 0 aliphatic heterocycles. The molecule has 130 valence electrons. The molecule has 0 saturated heterocycles. The molecular weight excluding hydrogens is 323 g/mol. The van der Waals surface area contributed by atoms with E-state index in [9.17, 15) is 0 Å². The maximum atomic E-state index is 5.81. The van der Waals surface area contributed by atoms with Gasteiger partial charge < -0.3 is 18.9 Å². The second-order valence-electron chi connectivity index (χ2n) is 5.57. The van der Waals surface area contributed by atoms with Crippen molar-refractivity contribution in [3.63, 3.8) is 0 Å². The van der Waals surface area contributed by atoms with E-state index in [1.165, 1.54) is 0 Å². The Morgan fingerprint density at radius 1 is 0.792 bits per heavy atom. The van der Waals surface area contributed by atoms with Crippen LogP contribution in [0.5, 0.6) is 11.5 Å². The Balaban J connectivity index is 2.44. The number of ether oxygens (including phenoxy) is 4. The van der Waals surface area contributed by atoms with E-state index in [4.69, 9.17) is 18.9 Å². The van der Waals surface area contributed by atoms with Gasteiger partial charge in [-0.25, -0.2) is 0 Å². The Bertz CT molecular complexity index is 615. The highest BCUT2D eigenvalue weighted by Crippen LogP contribution is 2.42. The molecule has 0 fully saturated rings. The maximum Gasteiger partial charge on any atom is 0.188 e. The first-order valence-electron chi connectivity index (χ1n) is 7.78. The Hall–Kier alpha value is -1.61. The summed E-state index contributed by atoms with van der Waals surface area (Å²) in [5.74, 6) is 1.69. The Labute approximate surface area is 146 Å². The van der Waals surface area contributed by atoms with Gasteiger partial charge in [0.25, 0.3) is 0 Å². The molecule has 24 heavy (non-hydrogen) atoms. The van der Waals surface area contributed by atoms with Crippen molar-refractivity contribution in [3.05, 3.63) is 58.7 Å². The molecule has 2 aromatic carbocycles. The van der Waals surface area contributed by atoms with Crippen molar-refractivity contribution in [1.29, 1.82) is 0 Å². The molecule has 1 unspecified atom stereocenters. The molecule has 0 N–H and O–H groups in total. The molecule has 5 heteroatoms. The molecule has 0 bridgehead atoms. The second kappa shape index (κ2) is 9.03. The van der Waals surface area contributed by atoms with Gasteiger partial charge in [0.2, 0.25) is 0 Å². The van der Waals surface area contributed by atoms with Gasteiger partial charge in [-0.1, -0.05) is 36.4 Å². The fourth-order valence-corrected chi connectivity index (χ4v) is 3.16. The van der Waals surface area contributed by atoms with Crippen molar-refractivity contribution >= 4 is 9.24 Å². The molecule has 0 saturated carbocycles. The van der Waals surface area contributed by atoms with Crippen LogP contribution in [-0.4, -0.2) is 27.8 Å². The number of methoxy groups -OCH3 is 2. The van der Waals surface area contributed by atoms with Crippen LogP contribution in [0.4, 0.5) is 0 Å². The predicted molar refractivity (Wildman–Crippen MR) is 98.9 cm³/mol. The summed E-state index contributed by atoms with van der Waals surface area (Å²) >= 11 is 0. The first-order valence-corrected chi connectivity index (χ1v) is 8.44. The summed E-state index contributed by atoms with van der Waals surface area (Å²) in [7, 11) is 6.13. The van der Waals surface area contributed by atoms with E-state index in [-0.39, 0.29) is 19.2 Å². The van der Waals surface area contributed by atoms with Gasteiger partial charge in [0.15, 0.2) is 13.6 Å². The van der Waals surface area contributed by atoms with Crippen LogP contribution < -0.4 is 9.47 Å². The average Bonchev–Trinajstić information content (AvgIpc) is 2.58. The number of rotatable bonds is 8. The fraction of sp³-hybridized carbons (Fsp3) is 0.368. The molecule has 0 aliphatic rings. The van der Waals surface area contributed by atoms with E-state index in [1.54, 1.807) is 14.2 Å². The van der Waals surface area contributed by atoms with Crippen molar-refractivity contribution in [2.24, 2.45) is 0 Å². The Kier molecular flexibility index (Phi) is 7.04. The molecule has 0 aliphatic carbocycles. The summed E-state index contributed by atoms with van der Waals surface area (Å²) in [5.41, 5.74) is 4.33. The van der Waals surface area contributed by atoms with Crippen LogP contribution in [0.25, 0.3) is 0 Å². The Morgan fingerprint density at radius 3 is 1.58 bits per heavy atom. The van der Waals surface area contributed by atoms with E-state index >= 15 is 0 Å². The van der Waals surface area contributed by atoms with Gasteiger partial charge in [0.05, 0.1) is 0 Å². The molecular formula is C19H25O4P. The molecule has 2 aromatic rings. The van der Waals surface area contributed by atoms with Crippen molar-refractivity contribution in [2.45, 2.75) is 19.5 Å². The molecule has 0 radical (unpaired) electrons. The maximum absolute atomic E-state index is 5.81. The average molecular weight is 348 g/mol. The summed E-state index contributed by atoms with van der Waals surface area (Å²) in [6, 6.07) is 12.3. The first kappa shape index (κ1) is 18.7. The van der Waals surface area contributed by atoms with Gasteiger partial charge in [0, 0.05) is 31.0 Å². The normalized spacial score (nSPS) is 10.9. The van der Waals surface area contributed by atoms with Crippen LogP contribution in [-0.2, 0) is 9.47 Å². The number of para-hydroxylation sites is 2. The van der Waals surface area contributed by atoms with E-state index < -0.39 is 0 Å². The van der Waals surface area contributed by atoms with Crippen LogP contribution in [0.2, 0.25) is 0 Å². The summed E-state index contributed by atoms with van der Waals surface area (Å²) < 4.78 is 21.8. The fourth-order valence-electron chi connectivity index (χ4n) is 2.64. The third kappa shape index (κ3) is 4.27. The standard InChI is InChI=1S/C19H25O4P/c1-13-7-5-9-15(17(13)22-11-20-3)19(24)16-10-6-8-14(2)18(16)23-12-21-4/h5-10,19H,11-12,24H2,1-4H3. The van der Waals surface area contributed by atoms with Gasteiger partial charge in [-0.15, -0.1) is 9.24 Å². The summed E-state index contributed by atoms with van der Waals surface area (Å²) in [4.78, 5) is 0. The van der Waals surface area contributed by atoms with Gasteiger partial charge >= 0.3 is 0 Å². The molecule has 4 nitrogen and oxygen atoms in total. The third-order valence-electron chi connectivity index (χ3n) is 3.80. The molecule has 0 aromatic heterocycles. The van der Waals surface area contributed by atoms with Gasteiger partial charge in [0.1, 0.15) is 11.5 Å². The molecule has 1 atom stereocenters. The minimum atomic E-state index is 0.0310. The molecule has 0 spiro atoms. The van der Waals surface area contributed by atoms with Gasteiger partial charge in [-0.3, -0.25) is 0 Å². The van der Waals surface area contributed by atoms with E-state index in [0.717, 1.165) is 33.8 Å². The number of benzene rings is 2. The highest BCUT2D eigenvalue weighted by atomic mass is 31.0. The zero-order valence-electron chi connectivity index (χ0n) is 14.7. The minimum Gasteiger partial charge on any atom is -0.467 e. The van der Waals surface area contributed by atoms with Crippen LogP contribution in [0, 0.1) is 13.8 Å². The van der Waals surface area contributed by atoms with Crippen molar-refractivity contribution < 1.29 is 18.9 Å². The topological polar surface area (TPSA) is 36.9 Å². The monoisotopic (exact) mass is 348 g/mol. The third-order valence-corrected chi connectivity index (χ3v) is 4.52. The highest BCUT2D eigenvalue weighted by molar-refractivity contribution is 7.17. The predicted octanol–water partition coefficient (Wildman–Crippen LogP) is 4.23. The van der Waals surface area contributed by atoms with Crippen LogP contribution in [0.3, 0.4) is 0 Å². The summed E-state index contributed by atoms with van der Waals surface area (Å²) in [6.07, 6.45) is 0. The smallest absolute Gasteiger partial charge is 0.188 e. The SMILES string of the molecule is COCOc1c(C)cccc1C(P)c1cccc(C)c1OCOC. The number of hydrogen-bond acceptors (Lipinski definition) is 4. The zero-order chi connectivity index (χ0) is 17.5. The lowest BCUT2D eigenvalue weighted by Crippen LogP contribution is -2.08. The highest BCUT2D eigenvalue weighted by Gasteiger charge is 2.20. The molecule has 0 amide bonds. The first-order chi connectivity index (χ1) is 11.6. The van der Waals surface area contributed by atoms with Crippen molar-refractivity contribution in [3.8, 4) is 11.5 Å². The summed E-state index contributed by atoms with van der Waals surface area (Å²) in [6.45, 7) is 4.50. The molecule has 0 heterocycles. The number of hydrogen-bond donors (Lipinski definition) is 0. The quantitative estimate of drug-likeness (QED) is 0.528. The number of aryl methyl sites for hydroxylation is 2. The van der Waals surface area contributed by atoms with Crippen molar-refractivity contribution in [1.82, 2.24) is 0 Å². The lowest BCUT2D eigenvalue weighted by Gasteiger charge is -2.22. The second-order valence-corrected chi connectivity index (χ2v) is 6.23. The van der Waals surface area contributed by atoms with Crippen molar-refractivity contribution in [2.75, 3.05) is 27.8 Å². The zero-order valence-corrected chi connectivity index (χ0v) is 15.8. The lowest BCUT2D eigenvalue weighted by atomic mass is 9.98.